The van der Waals surface area contributed by atoms with Crippen LogP contribution in [0.1, 0.15) is 33.4 Å². The number of carbonyl (C=O) groups is 3. The number of hydrogen-bond acceptors (Lipinski definition) is 6. The summed E-state index contributed by atoms with van der Waals surface area (Å²) < 4.78 is 10.4. The predicted octanol–water partition coefficient (Wildman–Crippen LogP) is 3.09. The summed E-state index contributed by atoms with van der Waals surface area (Å²) in [6.45, 7) is 3.25. The smallest absolute Gasteiger partial charge is 0.342 e. The van der Waals surface area contributed by atoms with Gasteiger partial charge in [-0.2, -0.15) is 0 Å². The normalized spacial score (nSPS) is 10.6. The van der Waals surface area contributed by atoms with Crippen LogP contribution in [-0.2, 0) is 9.53 Å². The molecule has 0 saturated heterocycles. The molecule has 0 atom stereocenters. The zero-order valence-electron chi connectivity index (χ0n) is 17.0. The van der Waals surface area contributed by atoms with Crippen LogP contribution in [0.25, 0.3) is 10.8 Å². The molecule has 0 spiro atoms. The highest BCUT2D eigenvalue weighted by molar-refractivity contribution is 6.10. The van der Waals surface area contributed by atoms with Gasteiger partial charge in [0.05, 0.1) is 13.2 Å². The number of carbonyl (C=O) groups excluding carboxylic acids is 3. The maximum atomic E-state index is 12.6. The molecule has 3 rings (SSSR count). The Morgan fingerprint density at radius 1 is 1.10 bits per heavy atom. The number of nitrogens with two attached hydrogens (primary N) is 1. The minimum atomic E-state index is -0.895. The number of esters is 1. The Hall–Kier alpha value is -3.81. The standard InChI is InChI=1S/C22H23N3O5/c1-4-29-22(28)18-13(2)30-21(19(18)20(23)27)24-17(26)12-25(3)16-10-9-14-7-5-6-8-15(14)11-16/h5-11H,4,12H2,1-3H3,(H2,23,27)(H,24,26). The number of aryl methyl sites for hydroxylation is 1. The molecule has 0 unspecified atom stereocenters. The molecule has 0 fully saturated rings. The van der Waals surface area contributed by atoms with E-state index in [1.807, 2.05) is 42.5 Å². The molecule has 3 aromatic rings. The Balaban J connectivity index is 1.79. The minimum absolute atomic E-state index is 0.00890. The van der Waals surface area contributed by atoms with E-state index >= 15 is 0 Å². The van der Waals surface area contributed by atoms with Gasteiger partial charge < -0.3 is 19.8 Å². The molecule has 156 valence electrons. The topological polar surface area (TPSA) is 115 Å². The largest absolute Gasteiger partial charge is 0.462 e. The zero-order chi connectivity index (χ0) is 21.8. The Labute approximate surface area is 173 Å². The summed E-state index contributed by atoms with van der Waals surface area (Å²) >= 11 is 0. The van der Waals surface area contributed by atoms with Crippen molar-refractivity contribution in [3.63, 3.8) is 0 Å². The van der Waals surface area contributed by atoms with Crippen LogP contribution in [0, 0.1) is 6.92 Å². The molecule has 1 heterocycles. The van der Waals surface area contributed by atoms with Crippen molar-refractivity contribution in [1.82, 2.24) is 0 Å². The van der Waals surface area contributed by atoms with Crippen LogP contribution in [0.4, 0.5) is 11.6 Å². The van der Waals surface area contributed by atoms with Crippen molar-refractivity contribution in [1.29, 1.82) is 0 Å². The third-order valence-corrected chi connectivity index (χ3v) is 4.62. The summed E-state index contributed by atoms with van der Waals surface area (Å²) in [6.07, 6.45) is 0. The van der Waals surface area contributed by atoms with Gasteiger partial charge >= 0.3 is 5.97 Å². The number of furan rings is 1. The summed E-state index contributed by atoms with van der Waals surface area (Å²) in [4.78, 5) is 38.4. The third kappa shape index (κ3) is 4.27. The molecule has 1 aromatic heterocycles. The molecule has 0 aliphatic rings. The quantitative estimate of drug-likeness (QED) is 0.580. The van der Waals surface area contributed by atoms with Crippen LogP contribution in [-0.4, -0.2) is 38.0 Å². The SMILES string of the molecule is CCOC(=O)c1c(C)oc(NC(=O)CN(C)c2ccc3ccccc3c2)c1C(N)=O. The van der Waals surface area contributed by atoms with Crippen molar-refractivity contribution in [2.75, 3.05) is 30.4 Å². The van der Waals surface area contributed by atoms with Gasteiger partial charge in [0.2, 0.25) is 11.8 Å². The van der Waals surface area contributed by atoms with E-state index in [1.165, 1.54) is 6.92 Å². The van der Waals surface area contributed by atoms with E-state index in [2.05, 4.69) is 5.32 Å². The molecule has 8 heteroatoms. The summed E-state index contributed by atoms with van der Waals surface area (Å²) in [5, 5.41) is 4.69. The molecule has 2 aromatic carbocycles. The molecular weight excluding hydrogens is 386 g/mol. The first-order valence-corrected chi connectivity index (χ1v) is 9.42. The number of ether oxygens (including phenoxy) is 1. The third-order valence-electron chi connectivity index (χ3n) is 4.62. The van der Waals surface area contributed by atoms with E-state index in [9.17, 15) is 14.4 Å². The Bertz CT molecular complexity index is 1120. The number of anilines is 2. The number of amides is 2. The maximum Gasteiger partial charge on any atom is 0.342 e. The molecule has 3 N–H and O–H groups in total. The van der Waals surface area contributed by atoms with Crippen LogP contribution in [0.2, 0.25) is 0 Å². The molecule has 0 radical (unpaired) electrons. The van der Waals surface area contributed by atoms with Gasteiger partial charge in [0.1, 0.15) is 16.9 Å². The molecule has 0 bridgehead atoms. The monoisotopic (exact) mass is 409 g/mol. The van der Waals surface area contributed by atoms with E-state index in [1.54, 1.807) is 18.9 Å². The molecule has 0 saturated carbocycles. The zero-order valence-corrected chi connectivity index (χ0v) is 17.0. The van der Waals surface area contributed by atoms with Crippen molar-refractivity contribution < 1.29 is 23.5 Å². The second kappa shape index (κ2) is 8.69. The number of primary amides is 1. The lowest BCUT2D eigenvalue weighted by atomic mass is 10.1. The highest BCUT2D eigenvalue weighted by Crippen LogP contribution is 2.28. The van der Waals surface area contributed by atoms with E-state index < -0.39 is 17.8 Å². The van der Waals surface area contributed by atoms with E-state index in [-0.39, 0.29) is 35.9 Å². The van der Waals surface area contributed by atoms with Gasteiger partial charge in [-0.1, -0.05) is 30.3 Å². The number of hydrogen-bond donors (Lipinski definition) is 2. The lowest BCUT2D eigenvalue weighted by Crippen LogP contribution is -2.30. The van der Waals surface area contributed by atoms with Crippen LogP contribution < -0.4 is 16.0 Å². The highest BCUT2D eigenvalue weighted by atomic mass is 16.5. The van der Waals surface area contributed by atoms with Gasteiger partial charge in [0.25, 0.3) is 5.91 Å². The van der Waals surface area contributed by atoms with E-state index in [0.717, 1.165) is 16.5 Å². The maximum absolute atomic E-state index is 12.6. The van der Waals surface area contributed by atoms with Crippen molar-refractivity contribution in [3.05, 3.63) is 59.4 Å². The van der Waals surface area contributed by atoms with Crippen molar-refractivity contribution in [3.8, 4) is 0 Å². The van der Waals surface area contributed by atoms with Gasteiger partial charge in [-0.05, 0) is 36.8 Å². The number of nitrogens with zero attached hydrogens (tertiary/aromatic N) is 1. The Morgan fingerprint density at radius 3 is 2.47 bits per heavy atom. The highest BCUT2D eigenvalue weighted by Gasteiger charge is 2.29. The average Bonchev–Trinajstić information content (AvgIpc) is 3.03. The average molecular weight is 409 g/mol. The second-order valence-electron chi connectivity index (χ2n) is 6.76. The number of rotatable bonds is 7. The van der Waals surface area contributed by atoms with Crippen LogP contribution in [0.3, 0.4) is 0 Å². The number of fused-ring (bicyclic) bond motifs is 1. The fourth-order valence-electron chi connectivity index (χ4n) is 3.20. The van der Waals surface area contributed by atoms with Gasteiger partial charge in [-0.15, -0.1) is 0 Å². The first-order chi connectivity index (χ1) is 14.3. The molecule has 0 aliphatic carbocycles. The Kier molecular flexibility index (Phi) is 6.06. The first kappa shape index (κ1) is 20.9. The molecule has 8 nitrogen and oxygen atoms in total. The summed E-state index contributed by atoms with van der Waals surface area (Å²) in [6, 6.07) is 13.8. The van der Waals surface area contributed by atoms with E-state index in [4.69, 9.17) is 14.9 Å². The van der Waals surface area contributed by atoms with Gasteiger partial charge in [0, 0.05) is 12.7 Å². The number of benzene rings is 2. The van der Waals surface area contributed by atoms with Crippen molar-refractivity contribution in [2.45, 2.75) is 13.8 Å². The van der Waals surface area contributed by atoms with Gasteiger partial charge in [-0.25, -0.2) is 4.79 Å². The van der Waals surface area contributed by atoms with Crippen LogP contribution >= 0.6 is 0 Å². The molecule has 0 aliphatic heterocycles. The van der Waals surface area contributed by atoms with Crippen molar-refractivity contribution >= 4 is 40.1 Å². The summed E-state index contributed by atoms with van der Waals surface area (Å²) in [5.41, 5.74) is 5.98. The minimum Gasteiger partial charge on any atom is -0.462 e. The molecule has 30 heavy (non-hydrogen) atoms. The van der Waals surface area contributed by atoms with Crippen molar-refractivity contribution in [2.24, 2.45) is 5.73 Å². The molecular formula is C22H23N3O5. The van der Waals surface area contributed by atoms with E-state index in [0.29, 0.717) is 0 Å². The Morgan fingerprint density at radius 2 is 1.80 bits per heavy atom. The van der Waals surface area contributed by atoms with Gasteiger partial charge in [0.15, 0.2) is 0 Å². The molecule has 2 amide bonds. The lowest BCUT2D eigenvalue weighted by molar-refractivity contribution is -0.115. The number of likely N-dealkylation sites (N-methyl/N-ethyl adjacent to an activating group) is 1. The van der Waals surface area contributed by atoms with Crippen LogP contribution in [0.15, 0.2) is 46.9 Å². The summed E-state index contributed by atoms with van der Waals surface area (Å²) in [7, 11) is 1.77. The lowest BCUT2D eigenvalue weighted by Gasteiger charge is -2.19. The fourth-order valence-corrected chi connectivity index (χ4v) is 3.20. The fraction of sp³-hybridized carbons (Fsp3) is 0.227. The number of nitrogens with one attached hydrogen (secondary N) is 1. The second-order valence-corrected chi connectivity index (χ2v) is 6.76. The van der Waals surface area contributed by atoms with Crippen LogP contribution in [0.5, 0.6) is 0 Å². The van der Waals surface area contributed by atoms with Gasteiger partial charge in [-0.3, -0.25) is 14.9 Å². The predicted molar refractivity (Wildman–Crippen MR) is 114 cm³/mol. The first-order valence-electron chi connectivity index (χ1n) is 9.42. The summed E-state index contributed by atoms with van der Waals surface area (Å²) in [5.74, 6) is -2.09.